The second kappa shape index (κ2) is 3.36. The van der Waals surface area contributed by atoms with Gasteiger partial charge in [-0.15, -0.1) is 0 Å². The fourth-order valence-corrected chi connectivity index (χ4v) is 0.799. The summed E-state index contributed by atoms with van der Waals surface area (Å²) < 4.78 is 4.75. The number of rotatable bonds is 2. The topological polar surface area (TPSA) is 78.1 Å². The van der Waals surface area contributed by atoms with Gasteiger partial charge in [-0.25, -0.2) is 4.98 Å². The average Bonchev–Trinajstić information content (AvgIpc) is 2.03. The number of halogens is 1. The molecule has 0 saturated carbocycles. The van der Waals surface area contributed by atoms with Gasteiger partial charge in [0.15, 0.2) is 0 Å². The number of aromatic nitrogens is 2. The van der Waals surface area contributed by atoms with Gasteiger partial charge in [-0.3, -0.25) is 4.79 Å². The molecule has 0 atom stereocenters. The highest BCUT2D eigenvalue weighted by Crippen LogP contribution is 2.16. The zero-order valence-electron chi connectivity index (χ0n) is 6.24. The highest BCUT2D eigenvalue weighted by molar-refractivity contribution is 6.68. The van der Waals surface area contributed by atoms with E-state index in [1.165, 1.54) is 13.3 Å². The molecule has 0 aliphatic rings. The molecule has 0 saturated heterocycles. The molecule has 0 aliphatic heterocycles. The standard InChI is InChI=1S/C6H6ClN3O2/c1-12-5-3(4(7)11)2-9-6(8)10-5/h2H,1H3,(H2,8,9,10). The predicted octanol–water partition coefficient (Wildman–Crippen LogP) is 0.446. The van der Waals surface area contributed by atoms with Gasteiger partial charge in [0.2, 0.25) is 11.8 Å². The summed E-state index contributed by atoms with van der Waals surface area (Å²) in [5, 5.41) is -0.674. The van der Waals surface area contributed by atoms with Crippen molar-refractivity contribution < 1.29 is 9.53 Å². The maximum Gasteiger partial charge on any atom is 0.259 e. The number of methoxy groups -OCH3 is 1. The molecule has 0 bridgehead atoms. The molecule has 0 radical (unpaired) electrons. The number of hydrogen-bond acceptors (Lipinski definition) is 5. The Morgan fingerprint density at radius 2 is 2.42 bits per heavy atom. The summed E-state index contributed by atoms with van der Waals surface area (Å²) in [7, 11) is 1.37. The summed E-state index contributed by atoms with van der Waals surface area (Å²) in [6, 6.07) is 0. The first-order valence-corrected chi connectivity index (χ1v) is 3.39. The minimum atomic E-state index is -0.674. The highest BCUT2D eigenvalue weighted by atomic mass is 35.5. The first-order chi connectivity index (χ1) is 5.65. The summed E-state index contributed by atoms with van der Waals surface area (Å²) in [6.07, 6.45) is 1.22. The molecule has 0 aliphatic carbocycles. The number of ether oxygens (including phenoxy) is 1. The van der Waals surface area contributed by atoms with Crippen LogP contribution in [0.5, 0.6) is 5.88 Å². The van der Waals surface area contributed by atoms with Crippen molar-refractivity contribution in [3.8, 4) is 5.88 Å². The Morgan fingerprint density at radius 3 is 2.92 bits per heavy atom. The van der Waals surface area contributed by atoms with Crippen molar-refractivity contribution >= 4 is 22.8 Å². The van der Waals surface area contributed by atoms with E-state index in [4.69, 9.17) is 22.1 Å². The Labute approximate surface area is 73.5 Å². The molecule has 0 aromatic carbocycles. The molecule has 5 nitrogen and oxygen atoms in total. The monoisotopic (exact) mass is 187 g/mol. The first-order valence-electron chi connectivity index (χ1n) is 3.01. The van der Waals surface area contributed by atoms with Gasteiger partial charge in [-0.2, -0.15) is 4.98 Å². The number of hydrogen-bond donors (Lipinski definition) is 1. The largest absolute Gasteiger partial charge is 0.480 e. The Bertz CT molecular complexity index is 316. The maximum atomic E-state index is 10.7. The van der Waals surface area contributed by atoms with Crippen LogP contribution in [0.4, 0.5) is 5.95 Å². The number of anilines is 1. The second-order valence-corrected chi connectivity index (χ2v) is 2.27. The van der Waals surface area contributed by atoms with Crippen LogP contribution in [0, 0.1) is 0 Å². The van der Waals surface area contributed by atoms with E-state index in [9.17, 15) is 4.79 Å². The smallest absolute Gasteiger partial charge is 0.259 e. The molecule has 0 fully saturated rings. The van der Waals surface area contributed by atoms with E-state index in [2.05, 4.69) is 9.97 Å². The third kappa shape index (κ3) is 1.62. The summed E-state index contributed by atoms with van der Waals surface area (Å²) in [5.41, 5.74) is 5.35. The second-order valence-electron chi connectivity index (χ2n) is 1.92. The van der Waals surface area contributed by atoms with Gasteiger partial charge >= 0.3 is 0 Å². The number of carbonyl (C=O) groups is 1. The highest BCUT2D eigenvalue weighted by Gasteiger charge is 2.11. The van der Waals surface area contributed by atoms with Crippen molar-refractivity contribution in [3.63, 3.8) is 0 Å². The van der Waals surface area contributed by atoms with Crippen LogP contribution in [0.15, 0.2) is 6.20 Å². The SMILES string of the molecule is COc1nc(N)ncc1C(=O)Cl. The van der Waals surface area contributed by atoms with Crippen molar-refractivity contribution in [1.82, 2.24) is 9.97 Å². The molecule has 64 valence electrons. The fourth-order valence-electron chi connectivity index (χ4n) is 0.669. The van der Waals surface area contributed by atoms with E-state index in [0.29, 0.717) is 0 Å². The molecule has 12 heavy (non-hydrogen) atoms. The molecular formula is C6H6ClN3O2. The van der Waals surface area contributed by atoms with Gasteiger partial charge in [0.25, 0.3) is 5.24 Å². The van der Waals surface area contributed by atoms with Crippen molar-refractivity contribution in [2.24, 2.45) is 0 Å². The van der Waals surface area contributed by atoms with Crippen LogP contribution < -0.4 is 10.5 Å². The van der Waals surface area contributed by atoms with E-state index in [1.807, 2.05) is 0 Å². The fraction of sp³-hybridized carbons (Fsp3) is 0.167. The lowest BCUT2D eigenvalue weighted by atomic mass is 10.3. The summed E-state index contributed by atoms with van der Waals surface area (Å²) >= 11 is 5.20. The van der Waals surface area contributed by atoms with Crippen LogP contribution >= 0.6 is 11.6 Å². The number of nitrogen functional groups attached to an aromatic ring is 1. The summed E-state index contributed by atoms with van der Waals surface area (Å²) in [4.78, 5) is 17.9. The molecular weight excluding hydrogens is 182 g/mol. The van der Waals surface area contributed by atoms with Crippen molar-refractivity contribution in [2.75, 3.05) is 12.8 Å². The molecule has 1 rings (SSSR count). The third-order valence-corrected chi connectivity index (χ3v) is 1.38. The van der Waals surface area contributed by atoms with Crippen LogP contribution in [0.25, 0.3) is 0 Å². The van der Waals surface area contributed by atoms with Crippen LogP contribution in [0.3, 0.4) is 0 Å². The third-order valence-electron chi connectivity index (χ3n) is 1.18. The number of carbonyl (C=O) groups excluding carboxylic acids is 1. The van der Waals surface area contributed by atoms with E-state index in [1.54, 1.807) is 0 Å². The minimum absolute atomic E-state index is 0.0357. The Morgan fingerprint density at radius 1 is 1.75 bits per heavy atom. The number of nitrogens with two attached hydrogens (primary N) is 1. The molecule has 1 aromatic rings. The van der Waals surface area contributed by atoms with Gasteiger partial charge in [-0.1, -0.05) is 0 Å². The molecule has 0 unspecified atom stereocenters. The van der Waals surface area contributed by atoms with Crippen LogP contribution in [-0.2, 0) is 0 Å². The molecule has 0 amide bonds. The lowest BCUT2D eigenvalue weighted by Gasteiger charge is -2.02. The average molecular weight is 188 g/mol. The zero-order valence-corrected chi connectivity index (χ0v) is 7.00. The quantitative estimate of drug-likeness (QED) is 0.680. The zero-order chi connectivity index (χ0) is 9.14. The Balaban J connectivity index is 3.20. The Kier molecular flexibility index (Phi) is 2.44. The van der Waals surface area contributed by atoms with Crippen LogP contribution in [-0.4, -0.2) is 22.3 Å². The van der Waals surface area contributed by atoms with E-state index < -0.39 is 5.24 Å². The number of nitrogens with zero attached hydrogens (tertiary/aromatic N) is 2. The summed E-state index contributed by atoms with van der Waals surface area (Å²) in [6.45, 7) is 0. The van der Waals surface area contributed by atoms with Gasteiger partial charge in [0.05, 0.1) is 7.11 Å². The van der Waals surface area contributed by atoms with E-state index in [0.717, 1.165) is 0 Å². The minimum Gasteiger partial charge on any atom is -0.480 e. The van der Waals surface area contributed by atoms with Crippen LogP contribution in [0.1, 0.15) is 10.4 Å². The molecule has 0 spiro atoms. The lowest BCUT2D eigenvalue weighted by Crippen LogP contribution is -2.03. The van der Waals surface area contributed by atoms with Gasteiger partial charge < -0.3 is 10.5 Å². The molecule has 2 N–H and O–H groups in total. The lowest BCUT2D eigenvalue weighted by molar-refractivity contribution is 0.107. The van der Waals surface area contributed by atoms with Gasteiger partial charge in [0.1, 0.15) is 5.56 Å². The Hall–Kier alpha value is -1.36. The predicted molar refractivity (Wildman–Crippen MR) is 43.2 cm³/mol. The van der Waals surface area contributed by atoms with E-state index >= 15 is 0 Å². The van der Waals surface area contributed by atoms with Crippen molar-refractivity contribution in [3.05, 3.63) is 11.8 Å². The van der Waals surface area contributed by atoms with Crippen molar-refractivity contribution in [2.45, 2.75) is 0 Å². The van der Waals surface area contributed by atoms with Gasteiger partial charge in [-0.05, 0) is 11.6 Å². The van der Waals surface area contributed by atoms with Gasteiger partial charge in [0, 0.05) is 6.20 Å². The summed E-state index contributed by atoms with van der Waals surface area (Å²) in [5.74, 6) is 0.121. The van der Waals surface area contributed by atoms with E-state index in [-0.39, 0.29) is 17.4 Å². The maximum absolute atomic E-state index is 10.7. The first kappa shape index (κ1) is 8.73. The van der Waals surface area contributed by atoms with Crippen molar-refractivity contribution in [1.29, 1.82) is 0 Å². The molecule has 1 aromatic heterocycles. The van der Waals surface area contributed by atoms with Crippen LogP contribution in [0.2, 0.25) is 0 Å². The molecule has 6 heteroatoms. The molecule has 1 heterocycles. The normalized spacial score (nSPS) is 9.50.